The lowest BCUT2D eigenvalue weighted by Crippen LogP contribution is -2.47. The van der Waals surface area contributed by atoms with Gasteiger partial charge in [0, 0.05) is 30.9 Å². The highest BCUT2D eigenvalue weighted by Crippen LogP contribution is 2.23. The Morgan fingerprint density at radius 3 is 2.81 bits per heavy atom. The van der Waals surface area contributed by atoms with Crippen molar-refractivity contribution in [2.45, 2.75) is 25.0 Å². The minimum Gasteiger partial charge on any atom is -0.381 e. The number of carbonyl (C=O) groups excluding carboxylic acids is 1. The number of aromatic nitrogens is 1. The third kappa shape index (κ3) is 2.30. The Labute approximate surface area is 103 Å². The largest absolute Gasteiger partial charge is 0.381 e. The van der Waals surface area contributed by atoms with E-state index in [1.54, 1.807) is 7.11 Å². The first-order valence-corrected chi connectivity index (χ1v) is 6.05. The second-order valence-corrected chi connectivity index (χ2v) is 5.07. The molecule has 1 aromatic rings. The molecular weight excluding hydrogens is 272 g/mol. The van der Waals surface area contributed by atoms with Crippen LogP contribution in [0.1, 0.15) is 23.3 Å². The second-order valence-electron chi connectivity index (χ2n) is 4.15. The Kier molecular flexibility index (Phi) is 3.35. The monoisotopic (exact) mass is 286 g/mol. The van der Waals surface area contributed by atoms with Gasteiger partial charge in [0.1, 0.15) is 5.69 Å². The number of carbonyl (C=O) groups is 1. The van der Waals surface area contributed by atoms with Gasteiger partial charge in [-0.3, -0.25) is 4.79 Å². The van der Waals surface area contributed by atoms with Crippen molar-refractivity contribution >= 4 is 21.8 Å². The predicted molar refractivity (Wildman–Crippen MR) is 64.4 cm³/mol. The number of halogens is 1. The minimum atomic E-state index is -0.0206. The van der Waals surface area contributed by atoms with Gasteiger partial charge in [0.2, 0.25) is 0 Å². The lowest BCUT2D eigenvalue weighted by atomic mass is 9.89. The maximum atomic E-state index is 11.9. The average molecular weight is 287 g/mol. The van der Waals surface area contributed by atoms with Crippen LogP contribution in [-0.2, 0) is 11.8 Å². The molecular formula is C11H15BrN2O2. The Morgan fingerprint density at radius 2 is 2.31 bits per heavy atom. The molecule has 5 heteroatoms. The molecule has 1 aliphatic rings. The molecule has 1 amide bonds. The molecule has 0 unspecified atom stereocenters. The summed E-state index contributed by atoms with van der Waals surface area (Å²) in [5.41, 5.74) is 0.674. The topological polar surface area (TPSA) is 43.3 Å². The van der Waals surface area contributed by atoms with E-state index in [2.05, 4.69) is 21.2 Å². The summed E-state index contributed by atoms with van der Waals surface area (Å²) in [4.78, 5) is 11.9. The standard InChI is InChI=1S/C11H15BrN2O2/c1-14-6-7(12)3-10(14)11(15)13-8-4-9(5-8)16-2/h3,6,8-9H,4-5H2,1-2H3,(H,13,15). The van der Waals surface area contributed by atoms with Gasteiger partial charge >= 0.3 is 0 Å². The quantitative estimate of drug-likeness (QED) is 0.919. The minimum absolute atomic E-state index is 0.0206. The highest BCUT2D eigenvalue weighted by molar-refractivity contribution is 9.10. The summed E-state index contributed by atoms with van der Waals surface area (Å²) in [6.07, 6.45) is 4.00. The molecule has 0 radical (unpaired) electrons. The molecule has 0 bridgehead atoms. The van der Waals surface area contributed by atoms with Crippen molar-refractivity contribution in [1.82, 2.24) is 9.88 Å². The SMILES string of the molecule is COC1CC(NC(=O)c2cc(Br)cn2C)C1. The summed E-state index contributed by atoms with van der Waals surface area (Å²) >= 11 is 3.35. The summed E-state index contributed by atoms with van der Waals surface area (Å²) in [6, 6.07) is 2.08. The third-order valence-electron chi connectivity index (χ3n) is 2.97. The summed E-state index contributed by atoms with van der Waals surface area (Å²) in [5.74, 6) is -0.0206. The molecule has 0 spiro atoms. The molecule has 1 heterocycles. The van der Waals surface area contributed by atoms with Gasteiger partial charge < -0.3 is 14.6 Å². The highest BCUT2D eigenvalue weighted by atomic mass is 79.9. The number of aryl methyl sites for hydroxylation is 1. The van der Waals surface area contributed by atoms with E-state index in [0.29, 0.717) is 11.8 Å². The van der Waals surface area contributed by atoms with E-state index in [1.807, 2.05) is 23.9 Å². The smallest absolute Gasteiger partial charge is 0.268 e. The highest BCUT2D eigenvalue weighted by Gasteiger charge is 2.30. The third-order valence-corrected chi connectivity index (χ3v) is 3.40. The van der Waals surface area contributed by atoms with Crippen LogP contribution in [0.25, 0.3) is 0 Å². The van der Waals surface area contributed by atoms with Crippen LogP contribution in [0, 0.1) is 0 Å². The number of amides is 1. The molecule has 1 saturated carbocycles. The van der Waals surface area contributed by atoms with Gasteiger partial charge in [-0.1, -0.05) is 0 Å². The number of nitrogens with one attached hydrogen (secondary N) is 1. The fraction of sp³-hybridized carbons (Fsp3) is 0.545. The number of hydrogen-bond donors (Lipinski definition) is 1. The van der Waals surface area contributed by atoms with Crippen LogP contribution in [0.5, 0.6) is 0 Å². The van der Waals surface area contributed by atoms with Crippen LogP contribution in [0.3, 0.4) is 0 Å². The van der Waals surface area contributed by atoms with E-state index in [4.69, 9.17) is 4.74 Å². The van der Waals surface area contributed by atoms with Crippen molar-refractivity contribution in [3.05, 3.63) is 22.4 Å². The molecule has 0 atom stereocenters. The van der Waals surface area contributed by atoms with Crippen molar-refractivity contribution in [3.63, 3.8) is 0 Å². The molecule has 1 fully saturated rings. The zero-order valence-electron chi connectivity index (χ0n) is 9.37. The second kappa shape index (κ2) is 4.59. The van der Waals surface area contributed by atoms with E-state index < -0.39 is 0 Å². The first kappa shape index (κ1) is 11.7. The van der Waals surface area contributed by atoms with Crippen molar-refractivity contribution < 1.29 is 9.53 Å². The van der Waals surface area contributed by atoms with Crippen LogP contribution in [0.2, 0.25) is 0 Å². The molecule has 2 rings (SSSR count). The zero-order chi connectivity index (χ0) is 11.7. The van der Waals surface area contributed by atoms with E-state index in [9.17, 15) is 4.79 Å². The number of ether oxygens (including phenoxy) is 1. The molecule has 4 nitrogen and oxygen atoms in total. The van der Waals surface area contributed by atoms with Gasteiger partial charge in [-0.15, -0.1) is 0 Å². The Bertz CT molecular complexity index is 397. The Hall–Kier alpha value is -0.810. The number of rotatable bonds is 3. The van der Waals surface area contributed by atoms with Crippen molar-refractivity contribution in [3.8, 4) is 0 Å². The fourth-order valence-corrected chi connectivity index (χ4v) is 2.41. The zero-order valence-corrected chi connectivity index (χ0v) is 11.0. The van der Waals surface area contributed by atoms with Gasteiger partial charge in [0.25, 0.3) is 5.91 Å². The maximum absolute atomic E-state index is 11.9. The number of nitrogens with zero attached hydrogens (tertiary/aromatic N) is 1. The van der Waals surface area contributed by atoms with Gasteiger partial charge in [-0.05, 0) is 34.8 Å². The Morgan fingerprint density at radius 1 is 1.62 bits per heavy atom. The predicted octanol–water partition coefficient (Wildman–Crippen LogP) is 1.69. The van der Waals surface area contributed by atoms with Crippen molar-refractivity contribution in [2.24, 2.45) is 7.05 Å². The molecule has 1 aromatic heterocycles. The molecule has 0 saturated heterocycles. The van der Waals surface area contributed by atoms with Crippen LogP contribution in [0.15, 0.2) is 16.7 Å². The van der Waals surface area contributed by atoms with Gasteiger partial charge in [-0.2, -0.15) is 0 Å². The van der Waals surface area contributed by atoms with Crippen LogP contribution < -0.4 is 5.32 Å². The Balaban J connectivity index is 1.92. The molecule has 1 aliphatic carbocycles. The number of methoxy groups -OCH3 is 1. The first-order chi connectivity index (χ1) is 7.60. The van der Waals surface area contributed by atoms with Gasteiger partial charge in [0.15, 0.2) is 0 Å². The van der Waals surface area contributed by atoms with E-state index in [-0.39, 0.29) is 11.9 Å². The lowest BCUT2D eigenvalue weighted by molar-refractivity contribution is 0.0175. The van der Waals surface area contributed by atoms with Gasteiger partial charge in [0.05, 0.1) is 6.10 Å². The molecule has 0 aliphatic heterocycles. The van der Waals surface area contributed by atoms with Crippen molar-refractivity contribution in [1.29, 1.82) is 0 Å². The summed E-state index contributed by atoms with van der Waals surface area (Å²) in [6.45, 7) is 0. The van der Waals surface area contributed by atoms with E-state index >= 15 is 0 Å². The molecule has 0 aromatic carbocycles. The van der Waals surface area contributed by atoms with Gasteiger partial charge in [-0.25, -0.2) is 0 Å². The maximum Gasteiger partial charge on any atom is 0.268 e. The molecule has 16 heavy (non-hydrogen) atoms. The average Bonchev–Trinajstić information content (AvgIpc) is 2.50. The fourth-order valence-electron chi connectivity index (χ4n) is 1.89. The normalized spacial score (nSPS) is 23.9. The van der Waals surface area contributed by atoms with Crippen molar-refractivity contribution in [2.75, 3.05) is 7.11 Å². The van der Waals surface area contributed by atoms with Crippen LogP contribution >= 0.6 is 15.9 Å². The van der Waals surface area contributed by atoms with E-state index in [1.165, 1.54) is 0 Å². The number of hydrogen-bond acceptors (Lipinski definition) is 2. The summed E-state index contributed by atoms with van der Waals surface area (Å²) in [5, 5.41) is 2.99. The molecule has 1 N–H and O–H groups in total. The molecule has 88 valence electrons. The lowest BCUT2D eigenvalue weighted by Gasteiger charge is -2.34. The van der Waals surface area contributed by atoms with E-state index in [0.717, 1.165) is 17.3 Å². The summed E-state index contributed by atoms with van der Waals surface area (Å²) < 4.78 is 7.90. The summed E-state index contributed by atoms with van der Waals surface area (Å²) in [7, 11) is 3.56. The van der Waals surface area contributed by atoms with Crippen LogP contribution in [-0.4, -0.2) is 29.7 Å². The van der Waals surface area contributed by atoms with Crippen LogP contribution in [0.4, 0.5) is 0 Å². The first-order valence-electron chi connectivity index (χ1n) is 5.25.